The van der Waals surface area contributed by atoms with Gasteiger partial charge in [-0.15, -0.1) is 0 Å². The van der Waals surface area contributed by atoms with Crippen molar-refractivity contribution in [2.24, 2.45) is 5.92 Å². The predicted octanol–water partition coefficient (Wildman–Crippen LogP) is 3.67. The van der Waals surface area contributed by atoms with Crippen LogP contribution in [0.1, 0.15) is 40.2 Å². The molecule has 5 heteroatoms. The van der Waals surface area contributed by atoms with E-state index in [2.05, 4.69) is 13.8 Å². The number of anilines is 1. The zero-order valence-electron chi connectivity index (χ0n) is 14.5. The van der Waals surface area contributed by atoms with Crippen LogP contribution in [0.5, 0.6) is 5.75 Å². The molecule has 22 heavy (non-hydrogen) atoms. The Hall–Kier alpha value is -1.91. The Balaban J connectivity index is 2.98. The van der Waals surface area contributed by atoms with Crippen molar-refractivity contribution in [3.8, 4) is 5.75 Å². The number of ether oxygens (including phenoxy) is 2. The summed E-state index contributed by atoms with van der Waals surface area (Å²) in [7, 11) is 1.61. The maximum Gasteiger partial charge on any atom is 0.410 e. The SMILES string of the molecule is COc1ccc(N)cc1CN(CC(C)C)C(=O)OC(C)(C)C. The van der Waals surface area contributed by atoms with Gasteiger partial charge in [0.15, 0.2) is 0 Å². The van der Waals surface area contributed by atoms with Crippen molar-refractivity contribution in [3.63, 3.8) is 0 Å². The van der Waals surface area contributed by atoms with E-state index in [0.29, 0.717) is 30.4 Å². The second-order valence-corrected chi connectivity index (χ2v) is 6.83. The molecule has 0 fully saturated rings. The second kappa shape index (κ2) is 7.38. The molecule has 1 aromatic rings. The fourth-order valence-corrected chi connectivity index (χ4v) is 2.10. The number of carbonyl (C=O) groups is 1. The molecule has 2 N–H and O–H groups in total. The highest BCUT2D eigenvalue weighted by Gasteiger charge is 2.23. The summed E-state index contributed by atoms with van der Waals surface area (Å²) in [5.41, 5.74) is 6.84. The van der Waals surface area contributed by atoms with Gasteiger partial charge in [0, 0.05) is 17.8 Å². The van der Waals surface area contributed by atoms with E-state index >= 15 is 0 Å². The summed E-state index contributed by atoms with van der Waals surface area (Å²) in [5, 5.41) is 0. The number of rotatable bonds is 5. The van der Waals surface area contributed by atoms with Crippen molar-refractivity contribution >= 4 is 11.8 Å². The normalized spacial score (nSPS) is 11.4. The fourth-order valence-electron chi connectivity index (χ4n) is 2.10. The summed E-state index contributed by atoms with van der Waals surface area (Å²) in [5.74, 6) is 1.05. The van der Waals surface area contributed by atoms with Gasteiger partial charge in [0.1, 0.15) is 11.4 Å². The van der Waals surface area contributed by atoms with Gasteiger partial charge in [-0.25, -0.2) is 4.79 Å². The van der Waals surface area contributed by atoms with Crippen LogP contribution in [-0.2, 0) is 11.3 Å². The Labute approximate surface area is 133 Å². The van der Waals surface area contributed by atoms with Crippen LogP contribution in [-0.4, -0.2) is 30.2 Å². The molecule has 0 radical (unpaired) electrons. The Morgan fingerprint density at radius 3 is 2.45 bits per heavy atom. The molecule has 0 unspecified atom stereocenters. The number of hydrogen-bond acceptors (Lipinski definition) is 4. The summed E-state index contributed by atoms with van der Waals surface area (Å²) in [4.78, 5) is 14.1. The van der Waals surface area contributed by atoms with Gasteiger partial charge in [-0.1, -0.05) is 13.8 Å². The van der Waals surface area contributed by atoms with E-state index in [4.69, 9.17) is 15.2 Å². The number of nitrogen functional groups attached to an aromatic ring is 1. The van der Waals surface area contributed by atoms with Crippen LogP contribution >= 0.6 is 0 Å². The maximum absolute atomic E-state index is 12.4. The van der Waals surface area contributed by atoms with E-state index in [0.717, 1.165) is 5.56 Å². The van der Waals surface area contributed by atoms with E-state index in [1.165, 1.54) is 0 Å². The zero-order chi connectivity index (χ0) is 16.9. The van der Waals surface area contributed by atoms with Crippen molar-refractivity contribution in [1.29, 1.82) is 0 Å². The highest BCUT2D eigenvalue weighted by atomic mass is 16.6. The second-order valence-electron chi connectivity index (χ2n) is 6.83. The van der Waals surface area contributed by atoms with Gasteiger partial charge in [0.2, 0.25) is 0 Å². The molecule has 0 aliphatic rings. The topological polar surface area (TPSA) is 64.8 Å². The van der Waals surface area contributed by atoms with E-state index < -0.39 is 5.60 Å². The number of methoxy groups -OCH3 is 1. The molecule has 0 aliphatic heterocycles. The van der Waals surface area contributed by atoms with Gasteiger partial charge in [0.05, 0.1) is 13.7 Å². The Bertz CT molecular complexity index is 507. The number of carbonyl (C=O) groups excluding carboxylic acids is 1. The summed E-state index contributed by atoms with van der Waals surface area (Å²) < 4.78 is 10.8. The average molecular weight is 308 g/mol. The number of nitrogens with zero attached hydrogens (tertiary/aromatic N) is 1. The van der Waals surface area contributed by atoms with Gasteiger partial charge in [-0.3, -0.25) is 0 Å². The monoisotopic (exact) mass is 308 g/mol. The minimum Gasteiger partial charge on any atom is -0.496 e. The van der Waals surface area contributed by atoms with Gasteiger partial charge in [-0.05, 0) is 44.9 Å². The third kappa shape index (κ3) is 5.84. The van der Waals surface area contributed by atoms with Crippen molar-refractivity contribution < 1.29 is 14.3 Å². The molecule has 0 heterocycles. The molecular formula is C17H28N2O3. The highest BCUT2D eigenvalue weighted by Crippen LogP contribution is 2.24. The number of benzene rings is 1. The maximum atomic E-state index is 12.4. The van der Waals surface area contributed by atoms with Crippen LogP contribution in [0.4, 0.5) is 10.5 Å². The van der Waals surface area contributed by atoms with Crippen molar-refractivity contribution in [3.05, 3.63) is 23.8 Å². The Morgan fingerprint density at radius 1 is 1.32 bits per heavy atom. The summed E-state index contributed by atoms with van der Waals surface area (Å²) in [6.45, 7) is 10.7. The Morgan fingerprint density at radius 2 is 1.95 bits per heavy atom. The molecule has 5 nitrogen and oxygen atoms in total. The third-order valence-electron chi connectivity index (χ3n) is 2.90. The van der Waals surface area contributed by atoms with E-state index in [-0.39, 0.29) is 6.09 Å². The van der Waals surface area contributed by atoms with E-state index in [1.54, 1.807) is 18.1 Å². The molecular weight excluding hydrogens is 280 g/mol. The fraction of sp³-hybridized carbons (Fsp3) is 0.588. The van der Waals surface area contributed by atoms with Gasteiger partial charge in [0.25, 0.3) is 0 Å². The standard InChI is InChI=1S/C17H28N2O3/c1-12(2)10-19(16(20)22-17(3,4)5)11-13-9-14(18)7-8-15(13)21-6/h7-9,12H,10-11,18H2,1-6H3. The first-order valence-corrected chi connectivity index (χ1v) is 7.52. The van der Waals surface area contributed by atoms with Crippen molar-refractivity contribution in [1.82, 2.24) is 4.90 Å². The first-order chi connectivity index (χ1) is 10.1. The minimum atomic E-state index is -0.522. The molecule has 0 spiro atoms. The average Bonchev–Trinajstić information content (AvgIpc) is 2.35. The number of amides is 1. The number of nitrogens with two attached hydrogens (primary N) is 1. The quantitative estimate of drug-likeness (QED) is 0.843. The van der Waals surface area contributed by atoms with Crippen LogP contribution in [0.3, 0.4) is 0 Å². The first kappa shape index (κ1) is 18.1. The van der Waals surface area contributed by atoms with Crippen molar-refractivity contribution in [2.75, 3.05) is 19.4 Å². The first-order valence-electron chi connectivity index (χ1n) is 7.52. The smallest absolute Gasteiger partial charge is 0.410 e. The van der Waals surface area contributed by atoms with Crippen LogP contribution in [0.2, 0.25) is 0 Å². The molecule has 0 atom stereocenters. The minimum absolute atomic E-state index is 0.328. The molecule has 124 valence electrons. The van der Waals surface area contributed by atoms with Gasteiger partial charge >= 0.3 is 6.09 Å². The summed E-state index contributed by atoms with van der Waals surface area (Å²) in [6, 6.07) is 5.42. The lowest BCUT2D eigenvalue weighted by Gasteiger charge is -2.29. The molecule has 1 rings (SSSR count). The number of hydrogen-bond donors (Lipinski definition) is 1. The molecule has 0 aliphatic carbocycles. The highest BCUT2D eigenvalue weighted by molar-refractivity contribution is 5.68. The molecule has 1 amide bonds. The molecule has 1 aromatic carbocycles. The van der Waals surface area contributed by atoms with E-state index in [1.807, 2.05) is 32.9 Å². The van der Waals surface area contributed by atoms with Crippen molar-refractivity contribution in [2.45, 2.75) is 46.8 Å². The van der Waals surface area contributed by atoms with E-state index in [9.17, 15) is 4.79 Å². The van der Waals surface area contributed by atoms with Gasteiger partial charge in [-0.2, -0.15) is 0 Å². The lowest BCUT2D eigenvalue weighted by molar-refractivity contribution is 0.0210. The van der Waals surface area contributed by atoms with Crippen LogP contribution in [0.25, 0.3) is 0 Å². The molecule has 0 saturated carbocycles. The zero-order valence-corrected chi connectivity index (χ0v) is 14.5. The molecule has 0 bridgehead atoms. The lowest BCUT2D eigenvalue weighted by Crippen LogP contribution is -2.38. The van der Waals surface area contributed by atoms with Crippen LogP contribution in [0, 0.1) is 5.92 Å². The summed E-state index contributed by atoms with van der Waals surface area (Å²) >= 11 is 0. The van der Waals surface area contributed by atoms with Crippen LogP contribution in [0.15, 0.2) is 18.2 Å². The Kier molecular flexibility index (Phi) is 6.09. The molecule has 0 aromatic heterocycles. The largest absolute Gasteiger partial charge is 0.496 e. The lowest BCUT2D eigenvalue weighted by atomic mass is 10.1. The third-order valence-corrected chi connectivity index (χ3v) is 2.90. The molecule has 0 saturated heterocycles. The van der Waals surface area contributed by atoms with Crippen LogP contribution < -0.4 is 10.5 Å². The summed E-state index contributed by atoms with van der Waals surface area (Å²) in [6.07, 6.45) is -0.328. The van der Waals surface area contributed by atoms with Gasteiger partial charge < -0.3 is 20.1 Å². The predicted molar refractivity (Wildman–Crippen MR) is 88.9 cm³/mol.